The van der Waals surface area contributed by atoms with Crippen molar-refractivity contribution in [2.24, 2.45) is 11.7 Å². The molecule has 1 saturated heterocycles. The fourth-order valence-electron chi connectivity index (χ4n) is 3.81. The van der Waals surface area contributed by atoms with Crippen LogP contribution >= 0.6 is 0 Å². The van der Waals surface area contributed by atoms with Crippen LogP contribution in [0, 0.1) is 5.92 Å². The molecule has 0 bridgehead atoms. The number of nitrogens with zero attached hydrogens (tertiary/aromatic N) is 1. The van der Waals surface area contributed by atoms with E-state index < -0.39 is 0 Å². The smallest absolute Gasteiger partial charge is 0.0367 e. The molecule has 3 heteroatoms. The largest absolute Gasteiger partial charge is 0.382 e. The Hall–Kier alpha value is -1.22. The van der Waals surface area contributed by atoms with Gasteiger partial charge in [-0.25, -0.2) is 0 Å². The molecule has 0 radical (unpaired) electrons. The zero-order valence-corrected chi connectivity index (χ0v) is 13.1. The number of rotatable bonds is 4. The molecule has 1 aliphatic heterocycles. The summed E-state index contributed by atoms with van der Waals surface area (Å²) in [5.41, 5.74) is 8.55. The third-order valence-corrected chi connectivity index (χ3v) is 5.15. The molecule has 2 fully saturated rings. The van der Waals surface area contributed by atoms with E-state index in [9.17, 15) is 0 Å². The number of nitrogens with two attached hydrogens (primary N) is 1. The van der Waals surface area contributed by atoms with Gasteiger partial charge in [-0.3, -0.25) is 0 Å². The summed E-state index contributed by atoms with van der Waals surface area (Å²) < 4.78 is 0. The lowest BCUT2D eigenvalue weighted by atomic mass is 9.84. The molecule has 0 amide bonds. The third kappa shape index (κ3) is 3.70. The van der Waals surface area contributed by atoms with Gasteiger partial charge in [-0.05, 0) is 68.8 Å². The van der Waals surface area contributed by atoms with Crippen LogP contribution in [0.5, 0.6) is 0 Å². The van der Waals surface area contributed by atoms with Gasteiger partial charge in [0.1, 0.15) is 0 Å². The molecule has 1 aromatic rings. The van der Waals surface area contributed by atoms with E-state index in [2.05, 4.69) is 34.5 Å². The van der Waals surface area contributed by atoms with E-state index in [1.54, 1.807) is 0 Å². The highest BCUT2D eigenvalue weighted by Gasteiger charge is 2.23. The van der Waals surface area contributed by atoms with E-state index in [4.69, 9.17) is 5.73 Å². The van der Waals surface area contributed by atoms with Gasteiger partial charge in [-0.2, -0.15) is 0 Å². The van der Waals surface area contributed by atoms with E-state index in [-0.39, 0.29) is 0 Å². The standard InChI is InChI=1S/C18H29N3/c19-14-15-6-2-3-7-18(15)20-16-8-10-17(11-9-16)21-12-4-1-5-13-21/h8-11,15,18,20H,1-7,12-14,19H2. The lowest BCUT2D eigenvalue weighted by Crippen LogP contribution is -2.36. The first kappa shape index (κ1) is 14.7. The summed E-state index contributed by atoms with van der Waals surface area (Å²) in [6.07, 6.45) is 9.27. The number of hydrogen-bond acceptors (Lipinski definition) is 3. The second-order valence-electron chi connectivity index (χ2n) is 6.63. The predicted octanol–water partition coefficient (Wildman–Crippen LogP) is 3.61. The number of benzene rings is 1. The molecular formula is C18H29N3. The number of nitrogens with one attached hydrogen (secondary N) is 1. The van der Waals surface area contributed by atoms with Crippen LogP contribution in [0.15, 0.2) is 24.3 Å². The summed E-state index contributed by atoms with van der Waals surface area (Å²) in [6.45, 7) is 3.23. The highest BCUT2D eigenvalue weighted by Crippen LogP contribution is 2.28. The van der Waals surface area contributed by atoms with E-state index in [1.807, 2.05) is 0 Å². The van der Waals surface area contributed by atoms with Gasteiger partial charge in [0.25, 0.3) is 0 Å². The van der Waals surface area contributed by atoms with Gasteiger partial charge < -0.3 is 16.0 Å². The average molecular weight is 287 g/mol. The summed E-state index contributed by atoms with van der Waals surface area (Å²) >= 11 is 0. The summed E-state index contributed by atoms with van der Waals surface area (Å²) in [6, 6.07) is 9.59. The van der Waals surface area contributed by atoms with Crippen LogP contribution in [-0.2, 0) is 0 Å². The van der Waals surface area contributed by atoms with Crippen LogP contribution in [-0.4, -0.2) is 25.7 Å². The zero-order chi connectivity index (χ0) is 14.5. The molecular weight excluding hydrogens is 258 g/mol. The summed E-state index contributed by atoms with van der Waals surface area (Å²) in [5.74, 6) is 0.639. The lowest BCUT2D eigenvalue weighted by Gasteiger charge is -2.32. The van der Waals surface area contributed by atoms with Crippen molar-refractivity contribution in [1.82, 2.24) is 0 Å². The Morgan fingerprint density at radius 1 is 0.952 bits per heavy atom. The number of hydrogen-bond donors (Lipinski definition) is 2. The lowest BCUT2D eigenvalue weighted by molar-refractivity contribution is 0.332. The van der Waals surface area contributed by atoms with Gasteiger partial charge in [-0.15, -0.1) is 0 Å². The molecule has 3 nitrogen and oxygen atoms in total. The van der Waals surface area contributed by atoms with E-state index >= 15 is 0 Å². The van der Waals surface area contributed by atoms with Crippen LogP contribution < -0.4 is 16.0 Å². The SMILES string of the molecule is NCC1CCCCC1Nc1ccc(N2CCCCC2)cc1. The normalized spacial score (nSPS) is 26.6. The molecule has 0 aromatic heterocycles. The highest BCUT2D eigenvalue weighted by molar-refractivity contribution is 5.55. The Labute approximate surface area is 128 Å². The molecule has 3 N–H and O–H groups in total. The third-order valence-electron chi connectivity index (χ3n) is 5.15. The molecule has 2 unspecified atom stereocenters. The molecule has 116 valence electrons. The molecule has 2 aliphatic rings. The topological polar surface area (TPSA) is 41.3 Å². The molecule has 1 heterocycles. The van der Waals surface area contributed by atoms with Crippen molar-refractivity contribution in [2.75, 3.05) is 29.9 Å². The zero-order valence-electron chi connectivity index (χ0n) is 13.1. The van der Waals surface area contributed by atoms with Crippen molar-refractivity contribution < 1.29 is 0 Å². The molecule has 3 rings (SSSR count). The maximum absolute atomic E-state index is 5.92. The minimum atomic E-state index is 0.560. The maximum Gasteiger partial charge on any atom is 0.0367 e. The van der Waals surface area contributed by atoms with Crippen molar-refractivity contribution in [3.8, 4) is 0 Å². The fraction of sp³-hybridized carbons (Fsp3) is 0.667. The second kappa shape index (κ2) is 7.17. The Bertz CT molecular complexity index is 423. The van der Waals surface area contributed by atoms with Crippen molar-refractivity contribution in [3.05, 3.63) is 24.3 Å². The Kier molecular flexibility index (Phi) is 5.02. The van der Waals surface area contributed by atoms with Crippen LogP contribution in [0.25, 0.3) is 0 Å². The molecule has 1 saturated carbocycles. The monoisotopic (exact) mass is 287 g/mol. The molecule has 1 aliphatic carbocycles. The van der Waals surface area contributed by atoms with Gasteiger partial charge in [-0.1, -0.05) is 12.8 Å². The molecule has 0 spiro atoms. The second-order valence-corrected chi connectivity index (χ2v) is 6.63. The summed E-state index contributed by atoms with van der Waals surface area (Å²) in [7, 11) is 0. The van der Waals surface area contributed by atoms with E-state index in [0.29, 0.717) is 12.0 Å². The van der Waals surface area contributed by atoms with E-state index in [0.717, 1.165) is 6.54 Å². The number of piperidine rings is 1. The van der Waals surface area contributed by atoms with Crippen LogP contribution in [0.2, 0.25) is 0 Å². The first-order valence-electron chi connectivity index (χ1n) is 8.68. The van der Waals surface area contributed by atoms with Crippen molar-refractivity contribution in [2.45, 2.75) is 51.0 Å². The first-order valence-corrected chi connectivity index (χ1v) is 8.68. The van der Waals surface area contributed by atoms with Crippen LogP contribution in [0.1, 0.15) is 44.9 Å². The Balaban J connectivity index is 1.61. The van der Waals surface area contributed by atoms with Crippen LogP contribution in [0.3, 0.4) is 0 Å². The van der Waals surface area contributed by atoms with Crippen molar-refractivity contribution in [1.29, 1.82) is 0 Å². The molecule has 21 heavy (non-hydrogen) atoms. The number of anilines is 2. The van der Waals surface area contributed by atoms with Gasteiger partial charge in [0, 0.05) is 30.5 Å². The van der Waals surface area contributed by atoms with Gasteiger partial charge in [0.2, 0.25) is 0 Å². The minimum Gasteiger partial charge on any atom is -0.382 e. The van der Waals surface area contributed by atoms with Gasteiger partial charge >= 0.3 is 0 Å². The molecule has 2 atom stereocenters. The summed E-state index contributed by atoms with van der Waals surface area (Å²) in [5, 5.41) is 3.71. The van der Waals surface area contributed by atoms with E-state index in [1.165, 1.54) is 69.4 Å². The average Bonchev–Trinajstić information content (AvgIpc) is 2.57. The van der Waals surface area contributed by atoms with Gasteiger partial charge in [0.15, 0.2) is 0 Å². The van der Waals surface area contributed by atoms with Crippen LogP contribution in [0.4, 0.5) is 11.4 Å². The fourth-order valence-corrected chi connectivity index (χ4v) is 3.81. The first-order chi connectivity index (χ1) is 10.4. The van der Waals surface area contributed by atoms with Crippen molar-refractivity contribution in [3.63, 3.8) is 0 Å². The highest BCUT2D eigenvalue weighted by atomic mass is 15.1. The maximum atomic E-state index is 5.92. The Morgan fingerprint density at radius 2 is 1.67 bits per heavy atom. The van der Waals surface area contributed by atoms with Crippen molar-refractivity contribution >= 4 is 11.4 Å². The predicted molar refractivity (Wildman–Crippen MR) is 90.9 cm³/mol. The quantitative estimate of drug-likeness (QED) is 0.889. The van der Waals surface area contributed by atoms with Gasteiger partial charge in [0.05, 0.1) is 0 Å². The summed E-state index contributed by atoms with van der Waals surface area (Å²) in [4.78, 5) is 2.51. The minimum absolute atomic E-state index is 0.560. The Morgan fingerprint density at radius 3 is 2.38 bits per heavy atom. The molecule has 1 aromatic carbocycles.